The van der Waals surface area contributed by atoms with E-state index < -0.39 is 0 Å². The standard InChI is InChI=1S/C54H35NO/c1-3-12-36(13-4-1)41-27-33-52-49(35-41)54-51(20-11-21-53(54)56-52)55(50-32-31-45(38-14-5-2-6-15-38)47-18-9-10-19-48(47)50)43-28-24-37(25-29-43)40-26-30-46-42(34-40)23-22-39-16-7-8-17-44(39)46/h1-35H. The molecule has 2 nitrogen and oxygen atoms in total. The number of nitrogens with zero attached hydrogens (tertiary/aromatic N) is 1. The Morgan fingerprint density at radius 1 is 0.304 bits per heavy atom. The van der Waals surface area contributed by atoms with Crippen molar-refractivity contribution in [2.45, 2.75) is 0 Å². The molecule has 0 radical (unpaired) electrons. The summed E-state index contributed by atoms with van der Waals surface area (Å²) in [6, 6.07) is 76.5. The van der Waals surface area contributed by atoms with E-state index in [9.17, 15) is 0 Å². The number of anilines is 3. The van der Waals surface area contributed by atoms with Crippen LogP contribution in [0.1, 0.15) is 0 Å². The summed E-state index contributed by atoms with van der Waals surface area (Å²) in [5.41, 5.74) is 12.1. The van der Waals surface area contributed by atoms with Crippen LogP contribution in [0.5, 0.6) is 0 Å². The van der Waals surface area contributed by atoms with Gasteiger partial charge in [-0.15, -0.1) is 0 Å². The first kappa shape index (κ1) is 32.0. The van der Waals surface area contributed by atoms with Crippen molar-refractivity contribution in [1.29, 1.82) is 0 Å². The molecule has 1 heterocycles. The van der Waals surface area contributed by atoms with Gasteiger partial charge in [0.1, 0.15) is 11.2 Å². The Morgan fingerprint density at radius 3 is 1.75 bits per heavy atom. The maximum absolute atomic E-state index is 6.58. The monoisotopic (exact) mass is 713 g/mol. The highest BCUT2D eigenvalue weighted by atomic mass is 16.3. The van der Waals surface area contributed by atoms with Gasteiger partial charge in [-0.2, -0.15) is 0 Å². The van der Waals surface area contributed by atoms with E-state index >= 15 is 0 Å². The maximum atomic E-state index is 6.58. The van der Waals surface area contributed by atoms with Crippen LogP contribution < -0.4 is 4.90 Å². The summed E-state index contributed by atoms with van der Waals surface area (Å²) in [6.07, 6.45) is 0. The van der Waals surface area contributed by atoms with Crippen molar-refractivity contribution in [2.24, 2.45) is 0 Å². The minimum absolute atomic E-state index is 0.859. The second kappa shape index (κ2) is 13.2. The van der Waals surface area contributed by atoms with Gasteiger partial charge >= 0.3 is 0 Å². The van der Waals surface area contributed by atoms with Gasteiger partial charge in [-0.3, -0.25) is 0 Å². The van der Waals surface area contributed by atoms with Crippen LogP contribution in [0.2, 0.25) is 0 Å². The molecule has 0 amide bonds. The largest absolute Gasteiger partial charge is 0.456 e. The lowest BCUT2D eigenvalue weighted by atomic mass is 9.95. The third-order valence-corrected chi connectivity index (χ3v) is 11.3. The summed E-state index contributed by atoms with van der Waals surface area (Å²) in [5, 5.41) is 9.62. The van der Waals surface area contributed by atoms with Crippen molar-refractivity contribution in [1.82, 2.24) is 0 Å². The molecular weight excluding hydrogens is 679 g/mol. The lowest BCUT2D eigenvalue weighted by molar-refractivity contribution is 0.669. The average Bonchev–Trinajstić information content (AvgIpc) is 3.66. The Labute approximate surface area is 325 Å². The molecule has 0 atom stereocenters. The highest BCUT2D eigenvalue weighted by molar-refractivity contribution is 6.16. The number of hydrogen-bond donors (Lipinski definition) is 0. The molecule has 0 aliphatic heterocycles. The molecule has 0 N–H and O–H groups in total. The molecule has 0 bridgehead atoms. The first-order chi connectivity index (χ1) is 27.8. The number of hydrogen-bond acceptors (Lipinski definition) is 2. The Kier molecular flexibility index (Phi) is 7.53. The topological polar surface area (TPSA) is 16.4 Å². The van der Waals surface area contributed by atoms with Crippen molar-refractivity contribution in [3.63, 3.8) is 0 Å². The van der Waals surface area contributed by atoms with Crippen LogP contribution in [-0.2, 0) is 0 Å². The smallest absolute Gasteiger partial charge is 0.137 e. The second-order valence-corrected chi connectivity index (χ2v) is 14.5. The third-order valence-electron chi connectivity index (χ3n) is 11.3. The van der Waals surface area contributed by atoms with Crippen LogP contribution in [-0.4, -0.2) is 0 Å². The fraction of sp³-hybridized carbons (Fsp3) is 0. The van der Waals surface area contributed by atoms with Gasteiger partial charge in [-0.05, 0) is 109 Å². The van der Waals surface area contributed by atoms with Gasteiger partial charge in [-0.1, -0.05) is 164 Å². The molecule has 56 heavy (non-hydrogen) atoms. The van der Waals surface area contributed by atoms with Crippen LogP contribution >= 0.6 is 0 Å². The van der Waals surface area contributed by atoms with Crippen LogP contribution in [0.15, 0.2) is 217 Å². The molecular formula is C54H35NO. The van der Waals surface area contributed by atoms with E-state index in [1.54, 1.807) is 0 Å². The van der Waals surface area contributed by atoms with E-state index in [1.807, 2.05) is 0 Å². The molecule has 0 spiro atoms. The minimum Gasteiger partial charge on any atom is -0.456 e. The van der Waals surface area contributed by atoms with Crippen molar-refractivity contribution in [2.75, 3.05) is 4.90 Å². The van der Waals surface area contributed by atoms with E-state index in [1.165, 1.54) is 60.1 Å². The molecule has 10 aromatic carbocycles. The second-order valence-electron chi connectivity index (χ2n) is 14.5. The van der Waals surface area contributed by atoms with Gasteiger partial charge in [0.05, 0.1) is 16.8 Å². The summed E-state index contributed by atoms with van der Waals surface area (Å²) < 4.78 is 6.58. The number of fused-ring (bicyclic) bond motifs is 7. The molecule has 0 unspecified atom stereocenters. The fourth-order valence-electron chi connectivity index (χ4n) is 8.56. The average molecular weight is 714 g/mol. The Balaban J connectivity index is 1.11. The molecule has 1 aromatic heterocycles. The predicted octanol–water partition coefficient (Wildman–Crippen LogP) is 15.5. The van der Waals surface area contributed by atoms with E-state index in [2.05, 4.69) is 217 Å². The number of rotatable bonds is 6. The minimum atomic E-state index is 0.859. The van der Waals surface area contributed by atoms with Crippen LogP contribution in [0.3, 0.4) is 0 Å². The molecule has 0 aliphatic carbocycles. The number of benzene rings is 10. The van der Waals surface area contributed by atoms with Gasteiger partial charge in [0, 0.05) is 16.5 Å². The van der Waals surface area contributed by atoms with Gasteiger partial charge in [0.25, 0.3) is 0 Å². The van der Waals surface area contributed by atoms with Crippen molar-refractivity contribution in [3.05, 3.63) is 212 Å². The van der Waals surface area contributed by atoms with Crippen molar-refractivity contribution >= 4 is 71.3 Å². The molecule has 0 saturated heterocycles. The molecule has 2 heteroatoms. The lowest BCUT2D eigenvalue weighted by Gasteiger charge is -2.28. The Morgan fingerprint density at radius 2 is 0.929 bits per heavy atom. The first-order valence-electron chi connectivity index (χ1n) is 19.2. The zero-order chi connectivity index (χ0) is 37.0. The fourth-order valence-corrected chi connectivity index (χ4v) is 8.56. The molecule has 0 fully saturated rings. The van der Waals surface area contributed by atoms with E-state index in [0.29, 0.717) is 0 Å². The van der Waals surface area contributed by atoms with E-state index in [4.69, 9.17) is 4.42 Å². The SMILES string of the molecule is c1ccc(-c2ccc3oc4cccc(N(c5ccc(-c6ccc7c(ccc8ccccc87)c6)cc5)c5ccc(-c6ccccc6)c6ccccc56)c4c3c2)cc1. The number of furan rings is 1. The first-order valence-corrected chi connectivity index (χ1v) is 19.2. The van der Waals surface area contributed by atoms with Gasteiger partial charge in [-0.25, -0.2) is 0 Å². The highest BCUT2D eigenvalue weighted by Crippen LogP contribution is 2.47. The summed E-state index contributed by atoms with van der Waals surface area (Å²) >= 11 is 0. The predicted molar refractivity (Wildman–Crippen MR) is 237 cm³/mol. The van der Waals surface area contributed by atoms with Crippen LogP contribution in [0.4, 0.5) is 17.1 Å². The molecule has 11 aromatic rings. The summed E-state index contributed by atoms with van der Waals surface area (Å²) in [5.74, 6) is 0. The van der Waals surface area contributed by atoms with E-state index in [0.717, 1.165) is 44.6 Å². The summed E-state index contributed by atoms with van der Waals surface area (Å²) in [4.78, 5) is 2.42. The van der Waals surface area contributed by atoms with Gasteiger partial charge in [0.15, 0.2) is 0 Å². The maximum Gasteiger partial charge on any atom is 0.137 e. The zero-order valence-electron chi connectivity index (χ0n) is 30.6. The zero-order valence-corrected chi connectivity index (χ0v) is 30.6. The Bertz CT molecular complexity index is 3230. The summed E-state index contributed by atoms with van der Waals surface area (Å²) in [6.45, 7) is 0. The lowest BCUT2D eigenvalue weighted by Crippen LogP contribution is -2.11. The van der Waals surface area contributed by atoms with Crippen molar-refractivity contribution in [3.8, 4) is 33.4 Å². The highest BCUT2D eigenvalue weighted by Gasteiger charge is 2.22. The molecule has 11 rings (SSSR count). The van der Waals surface area contributed by atoms with Gasteiger partial charge < -0.3 is 9.32 Å². The molecule has 262 valence electrons. The Hall–Kier alpha value is -7.42. The molecule has 0 aliphatic rings. The normalized spacial score (nSPS) is 11.6. The van der Waals surface area contributed by atoms with Crippen LogP contribution in [0, 0.1) is 0 Å². The van der Waals surface area contributed by atoms with Gasteiger partial charge in [0.2, 0.25) is 0 Å². The van der Waals surface area contributed by atoms with Crippen molar-refractivity contribution < 1.29 is 4.42 Å². The molecule has 0 saturated carbocycles. The quantitative estimate of drug-likeness (QED) is 0.160. The third kappa shape index (κ3) is 5.34. The summed E-state index contributed by atoms with van der Waals surface area (Å²) in [7, 11) is 0. The van der Waals surface area contributed by atoms with E-state index in [-0.39, 0.29) is 0 Å². The van der Waals surface area contributed by atoms with Crippen LogP contribution in [0.25, 0.3) is 87.6 Å².